The van der Waals surface area contributed by atoms with Crippen LogP contribution in [0.1, 0.15) is 22.6 Å². The zero-order valence-electron chi connectivity index (χ0n) is 7.35. The number of hydrogen-bond acceptors (Lipinski definition) is 5. The Morgan fingerprint density at radius 2 is 2.19 bits per heavy atom. The fourth-order valence-electron chi connectivity index (χ4n) is 0.951. The Morgan fingerprint density at radius 3 is 2.56 bits per heavy atom. The fraction of sp³-hybridized carbons (Fsp3) is 0.143. The first-order valence-corrected chi connectivity index (χ1v) is 4.08. The molecule has 1 N–H and O–H groups in total. The van der Waals surface area contributed by atoms with E-state index in [4.69, 9.17) is 16.7 Å². The minimum atomic E-state index is -3.17. The van der Waals surface area contributed by atoms with Crippen molar-refractivity contribution >= 4 is 22.5 Å². The summed E-state index contributed by atoms with van der Waals surface area (Å²) in [7, 11) is 0. The van der Waals surface area contributed by atoms with Crippen LogP contribution in [0.4, 0.5) is 14.5 Å². The summed E-state index contributed by atoms with van der Waals surface area (Å²) >= 11 is 4.95. The molecule has 1 aromatic heterocycles. The number of pyridine rings is 1. The van der Waals surface area contributed by atoms with Crippen molar-refractivity contribution < 1.29 is 23.6 Å². The second kappa shape index (κ2) is 4.35. The van der Waals surface area contributed by atoms with Crippen LogP contribution in [0.3, 0.4) is 0 Å². The average molecular weight is 253 g/mol. The van der Waals surface area contributed by atoms with Crippen molar-refractivity contribution in [2.24, 2.45) is 0 Å². The highest BCUT2D eigenvalue weighted by atomic mass is 35.5. The Balaban J connectivity index is 3.49. The Morgan fingerprint density at radius 1 is 1.62 bits per heavy atom. The normalized spacial score (nSPS) is 10.5. The topological polar surface area (TPSA) is 93.3 Å². The number of aromatic nitrogens is 1. The van der Waals surface area contributed by atoms with E-state index in [2.05, 4.69) is 4.98 Å². The zero-order chi connectivity index (χ0) is 12.5. The molecule has 0 aliphatic heterocycles. The summed E-state index contributed by atoms with van der Waals surface area (Å²) in [4.78, 5) is 23.1. The third-order valence-electron chi connectivity index (χ3n) is 1.60. The average Bonchev–Trinajstić information content (AvgIpc) is 2.15. The molecule has 1 aromatic rings. The molecule has 0 saturated heterocycles. The van der Waals surface area contributed by atoms with Crippen molar-refractivity contribution in [3.05, 3.63) is 27.6 Å². The molecule has 0 aromatic carbocycles. The van der Waals surface area contributed by atoms with E-state index in [1.165, 1.54) is 0 Å². The molecule has 1 heterocycles. The van der Waals surface area contributed by atoms with Gasteiger partial charge in [-0.3, -0.25) is 14.9 Å². The number of hydrogen-bond donors (Lipinski definition) is 1. The van der Waals surface area contributed by atoms with Crippen molar-refractivity contribution in [3.63, 3.8) is 0 Å². The highest BCUT2D eigenvalue weighted by molar-refractivity contribution is 6.67. The number of halogens is 3. The van der Waals surface area contributed by atoms with Crippen LogP contribution in [0.15, 0.2) is 6.07 Å². The SMILES string of the molecule is O=C(Cl)c1nc(C(F)F)c(O)cc1[N+](=O)[O-]. The molecule has 0 spiro atoms. The maximum atomic E-state index is 12.3. The molecule has 0 fully saturated rings. The summed E-state index contributed by atoms with van der Waals surface area (Å²) in [6, 6.07) is 0.407. The number of alkyl halides is 2. The number of nitrogens with zero attached hydrogens (tertiary/aromatic N) is 2. The van der Waals surface area contributed by atoms with Crippen molar-refractivity contribution in [2.75, 3.05) is 0 Å². The van der Waals surface area contributed by atoms with E-state index in [0.29, 0.717) is 6.07 Å². The highest BCUT2D eigenvalue weighted by Gasteiger charge is 2.27. The lowest BCUT2D eigenvalue weighted by Gasteiger charge is -2.04. The molecule has 86 valence electrons. The first kappa shape index (κ1) is 12.2. The standard InChI is InChI=1S/C7H3ClF2N2O4/c8-6(14)4-2(12(15)16)1-3(13)5(11-4)7(9)10/h1,7,13H. The van der Waals surface area contributed by atoms with Crippen molar-refractivity contribution in [3.8, 4) is 5.75 Å². The number of carbonyl (C=O) groups is 1. The molecule has 0 atom stereocenters. The summed E-state index contributed by atoms with van der Waals surface area (Å²) in [6.07, 6.45) is -3.17. The molecule has 1 rings (SSSR count). The second-order valence-corrected chi connectivity index (χ2v) is 2.94. The van der Waals surface area contributed by atoms with Crippen molar-refractivity contribution in [1.82, 2.24) is 4.98 Å². The number of carbonyl (C=O) groups excluding carboxylic acids is 1. The van der Waals surface area contributed by atoms with Crippen molar-refractivity contribution in [1.29, 1.82) is 0 Å². The smallest absolute Gasteiger partial charge is 0.303 e. The zero-order valence-corrected chi connectivity index (χ0v) is 8.11. The third-order valence-corrected chi connectivity index (χ3v) is 1.78. The molecular weight excluding hydrogens is 250 g/mol. The van der Waals surface area contributed by atoms with Gasteiger partial charge < -0.3 is 5.11 Å². The van der Waals surface area contributed by atoms with Gasteiger partial charge in [-0.25, -0.2) is 13.8 Å². The van der Waals surface area contributed by atoms with Crippen LogP contribution in [0.2, 0.25) is 0 Å². The minimum Gasteiger partial charge on any atom is -0.506 e. The maximum Gasteiger partial charge on any atom is 0.303 e. The molecule has 6 nitrogen and oxygen atoms in total. The lowest BCUT2D eigenvalue weighted by atomic mass is 10.2. The van der Waals surface area contributed by atoms with Crippen LogP contribution in [0.25, 0.3) is 0 Å². The molecule has 0 aliphatic carbocycles. The summed E-state index contributed by atoms with van der Waals surface area (Å²) in [5.41, 5.74) is -2.99. The molecule has 0 bridgehead atoms. The summed E-state index contributed by atoms with van der Waals surface area (Å²) < 4.78 is 24.5. The van der Waals surface area contributed by atoms with Crippen LogP contribution < -0.4 is 0 Å². The van der Waals surface area contributed by atoms with Crippen LogP contribution >= 0.6 is 11.6 Å². The lowest BCUT2D eigenvalue weighted by Crippen LogP contribution is -2.05. The van der Waals surface area contributed by atoms with Gasteiger partial charge in [-0.05, 0) is 11.6 Å². The van der Waals surface area contributed by atoms with Gasteiger partial charge in [0.1, 0.15) is 11.4 Å². The largest absolute Gasteiger partial charge is 0.506 e. The van der Waals surface area contributed by atoms with Gasteiger partial charge >= 0.3 is 5.69 Å². The Hall–Kier alpha value is -1.83. The molecule has 9 heteroatoms. The highest BCUT2D eigenvalue weighted by Crippen LogP contribution is 2.31. The molecule has 0 amide bonds. The molecule has 0 radical (unpaired) electrons. The van der Waals surface area contributed by atoms with Crippen LogP contribution in [0.5, 0.6) is 5.75 Å². The van der Waals surface area contributed by atoms with E-state index in [1.54, 1.807) is 0 Å². The lowest BCUT2D eigenvalue weighted by molar-refractivity contribution is -0.385. The maximum absolute atomic E-state index is 12.3. The quantitative estimate of drug-likeness (QED) is 0.504. The molecule has 0 aliphatic rings. The molecular formula is C7H3ClF2N2O4. The van der Waals surface area contributed by atoms with E-state index in [0.717, 1.165) is 0 Å². The minimum absolute atomic E-state index is 0.407. The predicted molar refractivity (Wildman–Crippen MR) is 47.7 cm³/mol. The van der Waals surface area contributed by atoms with E-state index in [1.807, 2.05) is 0 Å². The third kappa shape index (κ3) is 2.22. The predicted octanol–water partition coefficient (Wildman–Crippen LogP) is 2.01. The van der Waals surface area contributed by atoms with Gasteiger partial charge in [-0.15, -0.1) is 0 Å². The van der Waals surface area contributed by atoms with Gasteiger partial charge in [0.25, 0.3) is 11.7 Å². The van der Waals surface area contributed by atoms with E-state index in [9.17, 15) is 23.7 Å². The molecule has 0 saturated carbocycles. The number of aromatic hydroxyl groups is 1. The first-order chi connectivity index (χ1) is 7.34. The van der Waals surface area contributed by atoms with Crippen LogP contribution in [-0.2, 0) is 0 Å². The summed E-state index contributed by atoms with van der Waals surface area (Å²) in [5, 5.41) is 18.1. The molecule has 0 unspecified atom stereocenters. The van der Waals surface area contributed by atoms with Gasteiger partial charge in [0.15, 0.2) is 0 Å². The number of rotatable bonds is 3. The Kier molecular flexibility index (Phi) is 3.33. The van der Waals surface area contributed by atoms with Gasteiger partial charge in [-0.1, -0.05) is 0 Å². The van der Waals surface area contributed by atoms with E-state index >= 15 is 0 Å². The Labute approximate surface area is 91.6 Å². The number of nitro groups is 1. The second-order valence-electron chi connectivity index (χ2n) is 2.59. The van der Waals surface area contributed by atoms with Crippen molar-refractivity contribution in [2.45, 2.75) is 6.43 Å². The fourth-order valence-corrected chi connectivity index (χ4v) is 1.09. The van der Waals surface area contributed by atoms with E-state index < -0.39 is 39.4 Å². The van der Waals surface area contributed by atoms with Crippen LogP contribution in [-0.4, -0.2) is 20.3 Å². The van der Waals surface area contributed by atoms with Gasteiger partial charge in [-0.2, -0.15) is 0 Å². The van der Waals surface area contributed by atoms with Crippen LogP contribution in [0, 0.1) is 10.1 Å². The molecule has 16 heavy (non-hydrogen) atoms. The monoisotopic (exact) mass is 252 g/mol. The Bertz CT molecular complexity index is 466. The summed E-state index contributed by atoms with van der Waals surface area (Å²) in [6.45, 7) is 0. The van der Waals surface area contributed by atoms with Gasteiger partial charge in [0.05, 0.1) is 11.0 Å². The van der Waals surface area contributed by atoms with E-state index in [-0.39, 0.29) is 0 Å². The first-order valence-electron chi connectivity index (χ1n) is 3.71. The summed E-state index contributed by atoms with van der Waals surface area (Å²) in [5.74, 6) is -1.07. The van der Waals surface area contributed by atoms with Gasteiger partial charge in [0, 0.05) is 0 Å². The van der Waals surface area contributed by atoms with Gasteiger partial charge in [0.2, 0.25) is 5.69 Å².